The second-order valence-electron chi connectivity index (χ2n) is 7.61. The van der Waals surface area contributed by atoms with Gasteiger partial charge < -0.3 is 19.2 Å². The van der Waals surface area contributed by atoms with Gasteiger partial charge in [-0.25, -0.2) is 0 Å². The molecule has 2 aromatic rings. The lowest BCUT2D eigenvalue weighted by atomic mass is 10.0. The van der Waals surface area contributed by atoms with Gasteiger partial charge in [-0.05, 0) is 51.9 Å². The molecule has 7 heteroatoms. The molecule has 7 nitrogen and oxygen atoms in total. The standard InChI is InChI=1S/C19H28N4O3/c1-19(2,14-23-11-5-3-4-6-12-23)21-16(24)9-10-17-20-18(22-26-17)15-8-7-13-25-15/h7-8,13H,3-6,9-12,14H2,1-2H3,(H,21,24). The number of nitrogens with zero attached hydrogens (tertiary/aromatic N) is 3. The topological polar surface area (TPSA) is 84.4 Å². The number of furan rings is 1. The van der Waals surface area contributed by atoms with E-state index in [0.29, 0.717) is 30.3 Å². The third-order valence-corrected chi connectivity index (χ3v) is 4.57. The number of nitrogens with one attached hydrogen (secondary N) is 1. The highest BCUT2D eigenvalue weighted by molar-refractivity contribution is 5.76. The minimum Gasteiger partial charge on any atom is -0.461 e. The summed E-state index contributed by atoms with van der Waals surface area (Å²) in [7, 11) is 0. The van der Waals surface area contributed by atoms with Gasteiger partial charge in [0.1, 0.15) is 0 Å². The van der Waals surface area contributed by atoms with Crippen molar-refractivity contribution in [2.75, 3.05) is 19.6 Å². The van der Waals surface area contributed by atoms with E-state index in [1.165, 1.54) is 25.7 Å². The Labute approximate surface area is 154 Å². The molecule has 142 valence electrons. The van der Waals surface area contributed by atoms with Crippen molar-refractivity contribution in [3.63, 3.8) is 0 Å². The van der Waals surface area contributed by atoms with Crippen LogP contribution in [0.1, 0.15) is 51.8 Å². The van der Waals surface area contributed by atoms with E-state index in [0.717, 1.165) is 19.6 Å². The van der Waals surface area contributed by atoms with Gasteiger partial charge in [-0.3, -0.25) is 4.79 Å². The summed E-state index contributed by atoms with van der Waals surface area (Å²) < 4.78 is 10.4. The fourth-order valence-corrected chi connectivity index (χ4v) is 3.42. The molecule has 1 aliphatic heterocycles. The summed E-state index contributed by atoms with van der Waals surface area (Å²) in [6.07, 6.45) is 7.42. The first kappa shape index (κ1) is 18.6. The third kappa shape index (κ3) is 5.42. The Bertz CT molecular complexity index is 685. The minimum atomic E-state index is -0.254. The summed E-state index contributed by atoms with van der Waals surface area (Å²) in [6, 6.07) is 3.54. The number of hydrogen-bond donors (Lipinski definition) is 1. The van der Waals surface area contributed by atoms with Crippen molar-refractivity contribution in [1.29, 1.82) is 0 Å². The van der Waals surface area contributed by atoms with Crippen molar-refractivity contribution in [1.82, 2.24) is 20.4 Å². The second-order valence-corrected chi connectivity index (χ2v) is 7.61. The molecule has 0 atom stereocenters. The van der Waals surface area contributed by atoms with Crippen LogP contribution in [-0.2, 0) is 11.2 Å². The number of aromatic nitrogens is 2. The lowest BCUT2D eigenvalue weighted by Crippen LogP contribution is -2.51. The Morgan fingerprint density at radius 2 is 2.04 bits per heavy atom. The summed E-state index contributed by atoms with van der Waals surface area (Å²) in [5.41, 5.74) is -0.254. The van der Waals surface area contributed by atoms with Crippen molar-refractivity contribution in [3.8, 4) is 11.6 Å². The molecule has 1 saturated heterocycles. The van der Waals surface area contributed by atoms with Gasteiger partial charge in [0.25, 0.3) is 0 Å². The van der Waals surface area contributed by atoms with Crippen LogP contribution in [0.5, 0.6) is 0 Å². The quantitative estimate of drug-likeness (QED) is 0.817. The Kier molecular flexibility index (Phi) is 6.08. The van der Waals surface area contributed by atoms with Crippen LogP contribution in [0.25, 0.3) is 11.6 Å². The maximum Gasteiger partial charge on any atom is 0.238 e. The van der Waals surface area contributed by atoms with Gasteiger partial charge >= 0.3 is 0 Å². The molecule has 3 heterocycles. The molecule has 0 saturated carbocycles. The smallest absolute Gasteiger partial charge is 0.238 e. The van der Waals surface area contributed by atoms with E-state index < -0.39 is 0 Å². The number of rotatable bonds is 7. The molecule has 0 aromatic carbocycles. The Hall–Kier alpha value is -2.15. The Morgan fingerprint density at radius 1 is 1.27 bits per heavy atom. The van der Waals surface area contributed by atoms with Crippen LogP contribution in [-0.4, -0.2) is 46.1 Å². The van der Waals surface area contributed by atoms with Crippen molar-refractivity contribution < 1.29 is 13.7 Å². The van der Waals surface area contributed by atoms with Crippen LogP contribution in [0, 0.1) is 0 Å². The Morgan fingerprint density at radius 3 is 2.73 bits per heavy atom. The van der Waals surface area contributed by atoms with E-state index in [2.05, 4.69) is 34.2 Å². The molecule has 0 radical (unpaired) electrons. The molecule has 0 spiro atoms. The van der Waals surface area contributed by atoms with Gasteiger partial charge in [0.05, 0.1) is 6.26 Å². The van der Waals surface area contributed by atoms with Gasteiger partial charge in [-0.2, -0.15) is 4.98 Å². The molecule has 26 heavy (non-hydrogen) atoms. The zero-order valence-corrected chi connectivity index (χ0v) is 15.7. The minimum absolute atomic E-state index is 0.00238. The van der Waals surface area contributed by atoms with Gasteiger partial charge in [-0.15, -0.1) is 0 Å². The fourth-order valence-electron chi connectivity index (χ4n) is 3.42. The maximum absolute atomic E-state index is 12.3. The van der Waals surface area contributed by atoms with Gasteiger partial charge in [0.15, 0.2) is 5.76 Å². The highest BCUT2D eigenvalue weighted by atomic mass is 16.5. The maximum atomic E-state index is 12.3. The molecule has 3 rings (SSSR count). The summed E-state index contributed by atoms with van der Waals surface area (Å²) in [5, 5.41) is 7.02. The van der Waals surface area contributed by atoms with Gasteiger partial charge in [0.2, 0.25) is 17.6 Å². The average molecular weight is 360 g/mol. The zero-order chi connectivity index (χ0) is 18.4. The largest absolute Gasteiger partial charge is 0.461 e. The number of carbonyl (C=O) groups is 1. The molecule has 1 N–H and O–H groups in total. The van der Waals surface area contributed by atoms with Gasteiger partial charge in [0, 0.05) is 24.9 Å². The molecule has 1 aliphatic rings. The summed E-state index contributed by atoms with van der Waals surface area (Å²) in [5.74, 6) is 1.41. The van der Waals surface area contributed by atoms with Crippen LogP contribution in [0.15, 0.2) is 27.3 Å². The SMILES string of the molecule is CC(C)(CN1CCCCCC1)NC(=O)CCc1nc(-c2ccco2)no1. The molecular formula is C19H28N4O3. The van der Waals surface area contributed by atoms with Crippen LogP contribution in [0.3, 0.4) is 0 Å². The van der Waals surface area contributed by atoms with Crippen LogP contribution >= 0.6 is 0 Å². The zero-order valence-electron chi connectivity index (χ0n) is 15.7. The lowest BCUT2D eigenvalue weighted by Gasteiger charge is -2.33. The van der Waals surface area contributed by atoms with Gasteiger partial charge in [-0.1, -0.05) is 18.0 Å². The first-order chi connectivity index (χ1) is 12.5. The molecule has 1 fully saturated rings. The summed E-state index contributed by atoms with van der Waals surface area (Å²) >= 11 is 0. The van der Waals surface area contributed by atoms with E-state index in [1.54, 1.807) is 18.4 Å². The predicted octanol–water partition coefficient (Wildman–Crippen LogP) is 3.03. The highest BCUT2D eigenvalue weighted by Gasteiger charge is 2.24. The number of amides is 1. The molecular weight excluding hydrogens is 332 g/mol. The summed E-state index contributed by atoms with van der Waals surface area (Å²) in [6.45, 7) is 7.28. The number of aryl methyl sites for hydroxylation is 1. The number of hydrogen-bond acceptors (Lipinski definition) is 6. The Balaban J connectivity index is 1.45. The normalized spacial score (nSPS) is 16.4. The monoisotopic (exact) mass is 360 g/mol. The van der Waals surface area contributed by atoms with E-state index in [4.69, 9.17) is 8.94 Å². The molecule has 0 aliphatic carbocycles. The number of likely N-dealkylation sites (tertiary alicyclic amines) is 1. The van der Waals surface area contributed by atoms with Crippen molar-refractivity contribution in [2.45, 2.75) is 57.9 Å². The van der Waals surface area contributed by atoms with Crippen molar-refractivity contribution in [2.24, 2.45) is 0 Å². The second kappa shape index (κ2) is 8.49. The average Bonchev–Trinajstić information content (AvgIpc) is 3.21. The van der Waals surface area contributed by atoms with E-state index in [-0.39, 0.29) is 11.4 Å². The van der Waals surface area contributed by atoms with Crippen LogP contribution < -0.4 is 5.32 Å². The summed E-state index contributed by atoms with van der Waals surface area (Å²) in [4.78, 5) is 19.1. The number of carbonyl (C=O) groups excluding carboxylic acids is 1. The van der Waals surface area contributed by atoms with E-state index >= 15 is 0 Å². The predicted molar refractivity (Wildman–Crippen MR) is 97.5 cm³/mol. The molecule has 0 unspecified atom stereocenters. The molecule has 2 aromatic heterocycles. The lowest BCUT2D eigenvalue weighted by molar-refractivity contribution is -0.122. The van der Waals surface area contributed by atoms with Crippen molar-refractivity contribution >= 4 is 5.91 Å². The van der Waals surface area contributed by atoms with Crippen LogP contribution in [0.2, 0.25) is 0 Å². The van der Waals surface area contributed by atoms with E-state index in [1.807, 2.05) is 0 Å². The van der Waals surface area contributed by atoms with E-state index in [9.17, 15) is 4.79 Å². The highest BCUT2D eigenvalue weighted by Crippen LogP contribution is 2.17. The third-order valence-electron chi connectivity index (χ3n) is 4.57. The van der Waals surface area contributed by atoms with Crippen molar-refractivity contribution in [3.05, 3.63) is 24.3 Å². The van der Waals surface area contributed by atoms with Crippen LogP contribution in [0.4, 0.5) is 0 Å². The first-order valence-electron chi connectivity index (χ1n) is 9.42. The molecule has 0 bridgehead atoms. The fraction of sp³-hybridized carbons (Fsp3) is 0.632. The molecule has 1 amide bonds. The first-order valence-corrected chi connectivity index (χ1v) is 9.42.